The van der Waals surface area contributed by atoms with Gasteiger partial charge in [-0.3, -0.25) is 0 Å². The van der Waals surface area contributed by atoms with Gasteiger partial charge in [-0.2, -0.15) is 9.78 Å². The standard InChI is InChI=1S/C16H18N4O/c1-16(2,3)10-19-9-12-8-18-20(15(12)17-11-19)13-4-6-14(21)7-5-13/h4-9,11H,10H2,1-3H3/p+1. The SMILES string of the molecule is CC(C)(C)C[n+]1cnc2c(cnn2-c2ccc(O)cc2)c1. The van der Waals surface area contributed by atoms with E-state index in [0.717, 1.165) is 23.3 Å². The van der Waals surface area contributed by atoms with Crippen molar-refractivity contribution < 1.29 is 9.67 Å². The number of rotatable bonds is 2. The highest BCUT2D eigenvalue weighted by Crippen LogP contribution is 2.18. The lowest BCUT2D eigenvalue weighted by Gasteiger charge is -2.15. The van der Waals surface area contributed by atoms with E-state index in [4.69, 9.17) is 0 Å². The van der Waals surface area contributed by atoms with Gasteiger partial charge in [-0.15, -0.1) is 0 Å². The van der Waals surface area contributed by atoms with E-state index in [2.05, 4.69) is 41.6 Å². The summed E-state index contributed by atoms with van der Waals surface area (Å²) in [4.78, 5) is 4.53. The first kappa shape index (κ1) is 13.5. The smallest absolute Gasteiger partial charge is 0.288 e. The number of fused-ring (bicyclic) bond motifs is 1. The zero-order chi connectivity index (χ0) is 15.0. The highest BCUT2D eigenvalue weighted by Gasteiger charge is 2.17. The van der Waals surface area contributed by atoms with Gasteiger partial charge in [0.05, 0.1) is 18.4 Å². The Morgan fingerprint density at radius 2 is 1.90 bits per heavy atom. The topological polar surface area (TPSA) is 54.8 Å². The lowest BCUT2D eigenvalue weighted by Crippen LogP contribution is -2.40. The molecule has 0 fully saturated rings. The van der Waals surface area contributed by atoms with Crippen molar-refractivity contribution in [1.29, 1.82) is 0 Å². The minimum Gasteiger partial charge on any atom is -0.508 e. The normalized spacial score (nSPS) is 12.0. The van der Waals surface area contributed by atoms with Crippen molar-refractivity contribution in [3.63, 3.8) is 0 Å². The molecule has 0 amide bonds. The molecule has 1 N–H and O–H groups in total. The van der Waals surface area contributed by atoms with Gasteiger partial charge >= 0.3 is 0 Å². The summed E-state index contributed by atoms with van der Waals surface area (Å²) in [7, 11) is 0. The number of benzene rings is 1. The van der Waals surface area contributed by atoms with E-state index in [1.54, 1.807) is 16.8 Å². The average Bonchev–Trinajstić information content (AvgIpc) is 2.81. The van der Waals surface area contributed by atoms with Crippen LogP contribution in [-0.4, -0.2) is 19.9 Å². The van der Waals surface area contributed by atoms with Crippen LogP contribution >= 0.6 is 0 Å². The summed E-state index contributed by atoms with van der Waals surface area (Å²) in [5.74, 6) is 0.242. The van der Waals surface area contributed by atoms with E-state index in [1.807, 2.05) is 24.7 Å². The molecule has 0 saturated carbocycles. The lowest BCUT2D eigenvalue weighted by atomic mass is 9.97. The van der Waals surface area contributed by atoms with Crippen molar-refractivity contribution >= 4 is 11.0 Å². The van der Waals surface area contributed by atoms with Gasteiger partial charge in [-0.05, 0) is 34.7 Å². The third-order valence-corrected chi connectivity index (χ3v) is 3.16. The van der Waals surface area contributed by atoms with Crippen molar-refractivity contribution in [3.8, 4) is 11.4 Å². The predicted octanol–water partition coefficient (Wildman–Crippen LogP) is 2.46. The zero-order valence-electron chi connectivity index (χ0n) is 12.5. The van der Waals surface area contributed by atoms with Gasteiger partial charge in [0.2, 0.25) is 0 Å². The molecule has 108 valence electrons. The van der Waals surface area contributed by atoms with Gasteiger partial charge in [-0.1, -0.05) is 20.8 Å². The number of phenolic OH excluding ortho intramolecular Hbond substituents is 1. The van der Waals surface area contributed by atoms with Gasteiger partial charge in [0.1, 0.15) is 17.3 Å². The van der Waals surface area contributed by atoms with Gasteiger partial charge in [0.15, 0.2) is 0 Å². The summed E-state index contributed by atoms with van der Waals surface area (Å²) < 4.78 is 3.86. The number of hydrogen-bond acceptors (Lipinski definition) is 3. The summed E-state index contributed by atoms with van der Waals surface area (Å²) in [5, 5.41) is 14.8. The fourth-order valence-corrected chi connectivity index (χ4v) is 2.33. The van der Waals surface area contributed by atoms with Gasteiger partial charge in [-0.25, -0.2) is 4.57 Å². The molecule has 0 aliphatic heterocycles. The second-order valence-electron chi connectivity index (χ2n) is 6.46. The Bertz CT molecular complexity index is 769. The van der Waals surface area contributed by atoms with E-state index in [1.165, 1.54) is 0 Å². The van der Waals surface area contributed by atoms with Gasteiger partial charge in [0.25, 0.3) is 12.0 Å². The first-order valence-electron chi connectivity index (χ1n) is 6.95. The number of phenols is 1. The molecule has 2 aromatic heterocycles. The molecule has 0 bridgehead atoms. The van der Waals surface area contributed by atoms with Crippen molar-refractivity contribution in [2.24, 2.45) is 5.41 Å². The van der Waals surface area contributed by atoms with Crippen LogP contribution in [0.25, 0.3) is 16.7 Å². The Balaban J connectivity index is 2.01. The average molecular weight is 283 g/mol. The summed E-state index contributed by atoms with van der Waals surface area (Å²) in [6.45, 7) is 7.50. The minimum absolute atomic E-state index is 0.201. The lowest BCUT2D eigenvalue weighted by molar-refractivity contribution is -0.709. The quantitative estimate of drug-likeness (QED) is 0.735. The van der Waals surface area contributed by atoms with E-state index in [0.29, 0.717) is 0 Å². The molecule has 0 saturated heterocycles. The van der Waals surface area contributed by atoms with Crippen LogP contribution < -0.4 is 4.57 Å². The highest BCUT2D eigenvalue weighted by atomic mass is 16.3. The molecule has 5 nitrogen and oxygen atoms in total. The largest absolute Gasteiger partial charge is 0.508 e. The van der Waals surface area contributed by atoms with E-state index in [9.17, 15) is 5.11 Å². The van der Waals surface area contributed by atoms with Gasteiger partial charge in [0, 0.05) is 0 Å². The Labute approximate surface area is 123 Å². The Morgan fingerprint density at radius 1 is 1.19 bits per heavy atom. The second kappa shape index (κ2) is 4.84. The molecule has 0 spiro atoms. The number of hydrogen-bond donors (Lipinski definition) is 1. The molecule has 0 aliphatic rings. The van der Waals surface area contributed by atoms with Crippen LogP contribution in [0.3, 0.4) is 0 Å². The van der Waals surface area contributed by atoms with Crippen LogP contribution in [0.1, 0.15) is 20.8 Å². The first-order valence-corrected chi connectivity index (χ1v) is 6.95. The third-order valence-electron chi connectivity index (χ3n) is 3.16. The summed E-state index contributed by atoms with van der Waals surface area (Å²) in [5.41, 5.74) is 1.89. The van der Waals surface area contributed by atoms with Crippen LogP contribution in [0.2, 0.25) is 0 Å². The molecule has 3 aromatic rings. The number of nitrogens with zero attached hydrogens (tertiary/aromatic N) is 4. The maximum Gasteiger partial charge on any atom is 0.288 e. The predicted molar refractivity (Wildman–Crippen MR) is 80.2 cm³/mol. The van der Waals surface area contributed by atoms with E-state index < -0.39 is 0 Å². The molecule has 0 unspecified atom stereocenters. The summed E-state index contributed by atoms with van der Waals surface area (Å²) in [6, 6.07) is 6.93. The van der Waals surface area contributed by atoms with Crippen LogP contribution in [0.4, 0.5) is 0 Å². The Hall–Kier alpha value is -2.43. The molecule has 5 heteroatoms. The highest BCUT2D eigenvalue weighted by molar-refractivity contribution is 5.74. The maximum absolute atomic E-state index is 9.36. The number of aromatic nitrogens is 4. The van der Waals surface area contributed by atoms with Crippen molar-refractivity contribution in [3.05, 3.63) is 43.0 Å². The Kier molecular flexibility index (Phi) is 3.12. The van der Waals surface area contributed by atoms with Crippen LogP contribution in [0, 0.1) is 5.41 Å². The molecule has 3 rings (SSSR count). The van der Waals surface area contributed by atoms with Crippen molar-refractivity contribution in [1.82, 2.24) is 14.8 Å². The summed E-state index contributed by atoms with van der Waals surface area (Å²) in [6.07, 6.45) is 5.72. The minimum atomic E-state index is 0.201. The maximum atomic E-state index is 9.36. The molecule has 21 heavy (non-hydrogen) atoms. The monoisotopic (exact) mass is 283 g/mol. The fourth-order valence-electron chi connectivity index (χ4n) is 2.33. The summed E-state index contributed by atoms with van der Waals surface area (Å²) >= 11 is 0. The molecular weight excluding hydrogens is 264 g/mol. The molecule has 0 atom stereocenters. The fraction of sp³-hybridized carbons (Fsp3) is 0.312. The van der Waals surface area contributed by atoms with E-state index >= 15 is 0 Å². The molecule has 1 aromatic carbocycles. The first-order chi connectivity index (χ1) is 9.92. The molecule has 0 aliphatic carbocycles. The Morgan fingerprint density at radius 3 is 2.57 bits per heavy atom. The van der Waals surface area contributed by atoms with E-state index in [-0.39, 0.29) is 11.2 Å². The molecule has 2 heterocycles. The third kappa shape index (κ3) is 2.86. The van der Waals surface area contributed by atoms with Crippen LogP contribution in [0.5, 0.6) is 5.75 Å². The second-order valence-corrected chi connectivity index (χ2v) is 6.46. The molecule has 0 radical (unpaired) electrons. The van der Waals surface area contributed by atoms with Gasteiger partial charge < -0.3 is 5.11 Å². The van der Waals surface area contributed by atoms with Crippen LogP contribution in [0.15, 0.2) is 43.0 Å². The van der Waals surface area contributed by atoms with Crippen molar-refractivity contribution in [2.45, 2.75) is 27.3 Å². The number of aromatic hydroxyl groups is 1. The van der Waals surface area contributed by atoms with Crippen LogP contribution in [-0.2, 0) is 6.54 Å². The molecular formula is C16H19N4O+. The van der Waals surface area contributed by atoms with Crippen molar-refractivity contribution in [2.75, 3.05) is 0 Å². The zero-order valence-corrected chi connectivity index (χ0v) is 12.5.